The maximum atomic E-state index is 14.4. The average molecular weight is 443 g/mol. The number of anilines is 3. The monoisotopic (exact) mass is 442 g/mol. The molecule has 0 saturated heterocycles. The molecule has 0 bridgehead atoms. The van der Waals surface area contributed by atoms with Crippen LogP contribution in [0.1, 0.15) is 22.3 Å². The third-order valence-electron chi connectivity index (χ3n) is 7.04. The summed E-state index contributed by atoms with van der Waals surface area (Å²) < 4.78 is 6.88. The van der Waals surface area contributed by atoms with Gasteiger partial charge in [0.05, 0.1) is 23.6 Å². The zero-order chi connectivity index (χ0) is 22.7. The van der Waals surface area contributed by atoms with Crippen molar-refractivity contribution in [3.63, 3.8) is 0 Å². The minimum atomic E-state index is -1.19. The number of hydrogen-bond acceptors (Lipinski definition) is 3. The Morgan fingerprint density at radius 3 is 2.12 bits per heavy atom. The number of hydrogen-bond donors (Lipinski definition) is 0. The van der Waals surface area contributed by atoms with Crippen molar-refractivity contribution >= 4 is 29.0 Å². The van der Waals surface area contributed by atoms with Gasteiger partial charge >= 0.3 is 0 Å². The maximum absolute atomic E-state index is 14.4. The van der Waals surface area contributed by atoms with Crippen LogP contribution < -0.4 is 9.80 Å². The Morgan fingerprint density at radius 1 is 0.706 bits per heavy atom. The molecular weight excluding hydrogens is 420 g/mol. The summed E-state index contributed by atoms with van der Waals surface area (Å²) >= 11 is 0. The highest BCUT2D eigenvalue weighted by atomic mass is 16.5. The van der Waals surface area contributed by atoms with Gasteiger partial charge in [-0.3, -0.25) is 4.79 Å². The molecule has 4 aromatic rings. The van der Waals surface area contributed by atoms with E-state index in [2.05, 4.69) is 47.4 Å². The van der Waals surface area contributed by atoms with Crippen LogP contribution in [0.2, 0.25) is 0 Å². The summed E-state index contributed by atoms with van der Waals surface area (Å²) in [6.07, 6.45) is 3.75. The molecule has 3 aliphatic heterocycles. The zero-order valence-electron chi connectivity index (χ0n) is 18.5. The highest BCUT2D eigenvalue weighted by molar-refractivity contribution is 6.10. The third-order valence-corrected chi connectivity index (χ3v) is 7.04. The van der Waals surface area contributed by atoms with Crippen molar-refractivity contribution in [2.24, 2.45) is 0 Å². The first kappa shape index (κ1) is 19.3. The molecule has 0 radical (unpaired) electrons. The molecule has 164 valence electrons. The standard InChI is InChI=1S/C30H22N2O2/c33-29-30(23-13-5-8-16-26(23)31(29)20-21-10-2-1-3-11-21)24-14-6-9-17-27(24)32-25-15-7-4-12-22(25)18-19-28(32)34-30/h1-19,28H,20H2. The van der Waals surface area contributed by atoms with Crippen LogP contribution in [0.3, 0.4) is 0 Å². The second kappa shape index (κ2) is 7.17. The number of carbonyl (C=O) groups is 1. The molecule has 2 atom stereocenters. The lowest BCUT2D eigenvalue weighted by Crippen LogP contribution is -2.53. The van der Waals surface area contributed by atoms with E-state index in [0.717, 1.165) is 39.3 Å². The summed E-state index contributed by atoms with van der Waals surface area (Å²) in [6, 6.07) is 34.6. The second-order valence-corrected chi connectivity index (χ2v) is 8.89. The van der Waals surface area contributed by atoms with E-state index >= 15 is 0 Å². The van der Waals surface area contributed by atoms with E-state index in [9.17, 15) is 4.79 Å². The summed E-state index contributed by atoms with van der Waals surface area (Å²) in [7, 11) is 0. The molecule has 4 heteroatoms. The smallest absolute Gasteiger partial charge is 0.269 e. The Morgan fingerprint density at radius 2 is 1.32 bits per heavy atom. The quantitative estimate of drug-likeness (QED) is 0.382. The Hall–Kier alpha value is -4.15. The molecule has 0 fully saturated rings. The molecule has 4 aromatic carbocycles. The van der Waals surface area contributed by atoms with Crippen LogP contribution in [0.4, 0.5) is 17.1 Å². The predicted molar refractivity (Wildman–Crippen MR) is 134 cm³/mol. The van der Waals surface area contributed by atoms with Gasteiger partial charge in [0.15, 0.2) is 6.23 Å². The van der Waals surface area contributed by atoms with Crippen molar-refractivity contribution in [2.75, 3.05) is 9.80 Å². The molecule has 4 nitrogen and oxygen atoms in total. The Kier molecular flexibility index (Phi) is 4.08. The van der Waals surface area contributed by atoms with Crippen LogP contribution in [-0.4, -0.2) is 12.1 Å². The number of nitrogens with zero attached hydrogens (tertiary/aromatic N) is 2. The van der Waals surface area contributed by atoms with E-state index < -0.39 is 11.8 Å². The van der Waals surface area contributed by atoms with Gasteiger partial charge in [-0.2, -0.15) is 0 Å². The Bertz CT molecular complexity index is 1460. The summed E-state index contributed by atoms with van der Waals surface area (Å²) in [5.74, 6) is -0.0445. The summed E-state index contributed by atoms with van der Waals surface area (Å²) in [5, 5.41) is 0. The van der Waals surface area contributed by atoms with Crippen molar-refractivity contribution in [3.05, 3.63) is 131 Å². The molecule has 0 aliphatic carbocycles. The molecule has 3 aliphatic rings. The number of carbonyl (C=O) groups excluding carboxylic acids is 1. The first-order chi connectivity index (χ1) is 16.8. The predicted octanol–water partition coefficient (Wildman–Crippen LogP) is 6.00. The lowest BCUT2D eigenvalue weighted by atomic mass is 9.83. The van der Waals surface area contributed by atoms with Gasteiger partial charge in [-0.1, -0.05) is 91.0 Å². The first-order valence-corrected chi connectivity index (χ1v) is 11.6. The normalized spacial score (nSPS) is 21.8. The lowest BCUT2D eigenvalue weighted by molar-refractivity contribution is -0.143. The van der Waals surface area contributed by atoms with Crippen LogP contribution in [0, 0.1) is 0 Å². The topological polar surface area (TPSA) is 32.8 Å². The highest BCUT2D eigenvalue weighted by Crippen LogP contribution is 2.55. The van der Waals surface area contributed by atoms with Crippen molar-refractivity contribution in [2.45, 2.75) is 18.4 Å². The van der Waals surface area contributed by atoms with Crippen LogP contribution in [0.5, 0.6) is 0 Å². The minimum absolute atomic E-state index is 0.0445. The van der Waals surface area contributed by atoms with E-state index in [-0.39, 0.29) is 5.91 Å². The summed E-state index contributed by atoms with van der Waals surface area (Å²) in [4.78, 5) is 18.5. The van der Waals surface area contributed by atoms with E-state index in [1.165, 1.54) is 0 Å². The van der Waals surface area contributed by atoms with Gasteiger partial charge in [0.2, 0.25) is 5.60 Å². The van der Waals surface area contributed by atoms with Gasteiger partial charge in [0.1, 0.15) is 0 Å². The average Bonchev–Trinajstić information content (AvgIpc) is 3.12. The largest absolute Gasteiger partial charge is 0.328 e. The molecule has 1 spiro atoms. The number of ether oxygens (including phenoxy) is 1. The van der Waals surface area contributed by atoms with Gasteiger partial charge in [0, 0.05) is 11.1 Å². The summed E-state index contributed by atoms with van der Waals surface area (Å²) in [6.45, 7) is 0.497. The molecule has 0 saturated carbocycles. The van der Waals surface area contributed by atoms with Gasteiger partial charge in [-0.25, -0.2) is 0 Å². The zero-order valence-corrected chi connectivity index (χ0v) is 18.5. The number of amides is 1. The Labute approximate surface area is 198 Å². The van der Waals surface area contributed by atoms with Crippen LogP contribution in [0.15, 0.2) is 109 Å². The van der Waals surface area contributed by atoms with Crippen molar-refractivity contribution in [3.8, 4) is 0 Å². The van der Waals surface area contributed by atoms with Crippen molar-refractivity contribution in [1.29, 1.82) is 0 Å². The second-order valence-electron chi connectivity index (χ2n) is 8.89. The molecule has 3 heterocycles. The van der Waals surface area contributed by atoms with E-state index in [1.807, 2.05) is 77.7 Å². The maximum Gasteiger partial charge on any atom is 0.269 e. The molecule has 34 heavy (non-hydrogen) atoms. The fourth-order valence-electron chi connectivity index (χ4n) is 5.56. The minimum Gasteiger partial charge on any atom is -0.328 e. The van der Waals surface area contributed by atoms with E-state index in [1.54, 1.807) is 0 Å². The van der Waals surface area contributed by atoms with E-state index in [0.29, 0.717) is 6.54 Å². The van der Waals surface area contributed by atoms with Crippen molar-refractivity contribution in [1.82, 2.24) is 0 Å². The van der Waals surface area contributed by atoms with Gasteiger partial charge in [-0.05, 0) is 35.4 Å². The molecule has 1 amide bonds. The van der Waals surface area contributed by atoms with E-state index in [4.69, 9.17) is 4.74 Å². The molecular formula is C30H22N2O2. The molecule has 7 rings (SSSR count). The fraction of sp³-hybridized carbons (Fsp3) is 0.100. The van der Waals surface area contributed by atoms with Gasteiger partial charge in [0.25, 0.3) is 5.91 Å². The lowest BCUT2D eigenvalue weighted by Gasteiger charge is -2.47. The molecule has 0 N–H and O–H groups in total. The van der Waals surface area contributed by atoms with Gasteiger partial charge < -0.3 is 14.5 Å². The van der Waals surface area contributed by atoms with Crippen molar-refractivity contribution < 1.29 is 9.53 Å². The van der Waals surface area contributed by atoms with Crippen LogP contribution in [-0.2, 0) is 21.7 Å². The number of fused-ring (bicyclic) bond motifs is 8. The van der Waals surface area contributed by atoms with Gasteiger partial charge in [-0.15, -0.1) is 0 Å². The molecule has 0 aromatic heterocycles. The number of benzene rings is 4. The third kappa shape index (κ3) is 2.54. The summed E-state index contributed by atoms with van der Waals surface area (Å²) in [5.41, 5.74) is 5.79. The number of rotatable bonds is 2. The molecule has 2 unspecified atom stereocenters. The first-order valence-electron chi connectivity index (χ1n) is 11.6. The van der Waals surface area contributed by atoms with Crippen LogP contribution >= 0.6 is 0 Å². The highest BCUT2D eigenvalue weighted by Gasteiger charge is 2.58. The SMILES string of the molecule is O=C1N(Cc2ccccc2)c2ccccc2C12OC1C=Cc3ccccc3N1c1ccccc12. The fourth-order valence-corrected chi connectivity index (χ4v) is 5.56. The Balaban J connectivity index is 1.44. The number of para-hydroxylation sites is 3. The van der Waals surface area contributed by atoms with Crippen LogP contribution in [0.25, 0.3) is 6.08 Å².